The molecule has 0 saturated heterocycles. The van der Waals surface area contributed by atoms with E-state index in [0.717, 1.165) is 5.56 Å². The third-order valence-electron chi connectivity index (χ3n) is 3.53. The number of fused-ring (bicyclic) bond motifs is 1. The summed E-state index contributed by atoms with van der Waals surface area (Å²) < 4.78 is 1.28. The minimum absolute atomic E-state index is 0.0705. The molecule has 0 spiro atoms. The molecule has 1 atom stereocenters. The number of benzene rings is 1. The molecule has 1 aliphatic heterocycles. The van der Waals surface area contributed by atoms with Crippen molar-refractivity contribution >= 4 is 11.9 Å². The van der Waals surface area contributed by atoms with Crippen molar-refractivity contribution in [3.63, 3.8) is 0 Å². The lowest BCUT2D eigenvalue weighted by Gasteiger charge is -2.34. The van der Waals surface area contributed by atoms with Crippen molar-refractivity contribution in [3.8, 4) is 0 Å². The maximum Gasteiger partial charge on any atom is 0.331 e. The first kappa shape index (κ1) is 13.2. The molecule has 0 saturated carbocycles. The van der Waals surface area contributed by atoms with E-state index in [4.69, 9.17) is 0 Å². The number of carboxylic acid groups (broad SMARTS) is 1. The van der Waals surface area contributed by atoms with Gasteiger partial charge in [0, 0.05) is 6.54 Å². The van der Waals surface area contributed by atoms with Crippen LogP contribution in [0.1, 0.15) is 17.2 Å². The number of amides is 1. The highest BCUT2D eigenvalue weighted by molar-refractivity contribution is 5.85. The zero-order valence-corrected chi connectivity index (χ0v) is 11.1. The molecule has 21 heavy (non-hydrogen) atoms. The molecule has 0 aliphatic carbocycles. The lowest BCUT2D eigenvalue weighted by Crippen LogP contribution is -2.44. The molecule has 2 aromatic rings. The van der Waals surface area contributed by atoms with E-state index < -0.39 is 12.0 Å². The molecular weight excluding hydrogens is 274 g/mol. The van der Waals surface area contributed by atoms with Gasteiger partial charge in [0.15, 0.2) is 6.04 Å². The Kier molecular flexibility index (Phi) is 3.35. The number of carboxylic acids is 1. The Bertz CT molecular complexity index is 670. The lowest BCUT2D eigenvalue weighted by molar-refractivity contribution is -0.151. The Morgan fingerprint density at radius 2 is 2.14 bits per heavy atom. The molecule has 1 aromatic carbocycles. The van der Waals surface area contributed by atoms with Gasteiger partial charge in [0.05, 0.1) is 0 Å². The first-order chi connectivity index (χ1) is 10.2. The van der Waals surface area contributed by atoms with Gasteiger partial charge in [0.1, 0.15) is 12.9 Å². The number of tetrazole rings is 1. The molecule has 1 amide bonds. The molecule has 108 valence electrons. The van der Waals surface area contributed by atoms with Gasteiger partial charge >= 0.3 is 5.97 Å². The molecule has 1 aliphatic rings. The van der Waals surface area contributed by atoms with Gasteiger partial charge in [0.25, 0.3) is 0 Å². The van der Waals surface area contributed by atoms with Crippen LogP contribution in [0, 0.1) is 0 Å². The van der Waals surface area contributed by atoms with Crippen LogP contribution in [-0.4, -0.2) is 48.6 Å². The summed E-state index contributed by atoms with van der Waals surface area (Å²) in [7, 11) is 0. The lowest BCUT2D eigenvalue weighted by atomic mass is 9.92. The first-order valence-corrected chi connectivity index (χ1v) is 6.47. The maximum atomic E-state index is 12.3. The summed E-state index contributed by atoms with van der Waals surface area (Å²) in [6.07, 6.45) is 1.97. The molecule has 0 fully saturated rings. The van der Waals surface area contributed by atoms with E-state index >= 15 is 0 Å². The van der Waals surface area contributed by atoms with Crippen LogP contribution in [0.5, 0.6) is 0 Å². The van der Waals surface area contributed by atoms with Crippen molar-refractivity contribution < 1.29 is 14.7 Å². The molecule has 1 aromatic heterocycles. The molecule has 8 heteroatoms. The van der Waals surface area contributed by atoms with Crippen molar-refractivity contribution in [2.24, 2.45) is 0 Å². The average molecular weight is 287 g/mol. The Morgan fingerprint density at radius 1 is 1.33 bits per heavy atom. The van der Waals surface area contributed by atoms with Gasteiger partial charge in [-0.05, 0) is 28.0 Å². The molecule has 2 heterocycles. The summed E-state index contributed by atoms with van der Waals surface area (Å²) in [5.41, 5.74) is 1.64. The van der Waals surface area contributed by atoms with Crippen LogP contribution >= 0.6 is 0 Å². The van der Waals surface area contributed by atoms with Crippen LogP contribution in [0.2, 0.25) is 0 Å². The van der Waals surface area contributed by atoms with Crippen LogP contribution in [0.4, 0.5) is 0 Å². The van der Waals surface area contributed by atoms with Crippen molar-refractivity contribution in [1.29, 1.82) is 0 Å². The van der Waals surface area contributed by atoms with Crippen LogP contribution in [0.3, 0.4) is 0 Å². The van der Waals surface area contributed by atoms with Gasteiger partial charge < -0.3 is 10.0 Å². The number of hydrogen-bond donors (Lipinski definition) is 1. The number of hydrogen-bond acceptors (Lipinski definition) is 5. The minimum Gasteiger partial charge on any atom is -0.479 e. The molecule has 8 nitrogen and oxygen atoms in total. The Hall–Kier alpha value is -2.77. The monoisotopic (exact) mass is 287 g/mol. The van der Waals surface area contributed by atoms with Gasteiger partial charge in [-0.25, -0.2) is 9.48 Å². The van der Waals surface area contributed by atoms with Gasteiger partial charge in [-0.3, -0.25) is 4.79 Å². The standard InChI is InChI=1S/C13H13N5O3/c19-11(7-17-8-14-15-16-17)18-6-5-9-3-1-2-4-10(9)12(18)13(20)21/h1-4,8,12H,5-7H2,(H,20,21). The molecule has 3 rings (SSSR count). The zero-order valence-electron chi connectivity index (χ0n) is 11.1. The zero-order chi connectivity index (χ0) is 14.8. The second-order valence-corrected chi connectivity index (χ2v) is 4.78. The van der Waals surface area contributed by atoms with Crippen molar-refractivity contribution in [1.82, 2.24) is 25.1 Å². The second kappa shape index (κ2) is 5.31. The molecule has 1 N–H and O–H groups in total. The van der Waals surface area contributed by atoms with Gasteiger partial charge in [-0.1, -0.05) is 24.3 Å². The Balaban J connectivity index is 1.88. The number of aliphatic carboxylic acids is 1. The van der Waals surface area contributed by atoms with Crippen LogP contribution in [0.25, 0.3) is 0 Å². The summed E-state index contributed by atoms with van der Waals surface area (Å²) in [6.45, 7) is 0.299. The highest BCUT2D eigenvalue weighted by atomic mass is 16.4. The number of nitrogens with zero attached hydrogens (tertiary/aromatic N) is 5. The molecule has 1 unspecified atom stereocenters. The first-order valence-electron chi connectivity index (χ1n) is 6.47. The predicted octanol–water partition coefficient (Wildman–Crippen LogP) is -0.116. The number of rotatable bonds is 3. The third kappa shape index (κ3) is 2.47. The number of carbonyl (C=O) groups is 2. The quantitative estimate of drug-likeness (QED) is 0.844. The number of aromatic nitrogens is 4. The van der Waals surface area contributed by atoms with Crippen molar-refractivity contribution in [2.75, 3.05) is 6.54 Å². The summed E-state index contributed by atoms with van der Waals surface area (Å²) in [5.74, 6) is -1.35. The fourth-order valence-corrected chi connectivity index (χ4v) is 2.58. The smallest absolute Gasteiger partial charge is 0.331 e. The fraction of sp³-hybridized carbons (Fsp3) is 0.308. The molecule has 0 radical (unpaired) electrons. The highest BCUT2D eigenvalue weighted by Gasteiger charge is 2.35. The van der Waals surface area contributed by atoms with Gasteiger partial charge in [-0.15, -0.1) is 5.10 Å². The van der Waals surface area contributed by atoms with E-state index in [1.165, 1.54) is 15.9 Å². The fourth-order valence-electron chi connectivity index (χ4n) is 2.58. The van der Waals surface area contributed by atoms with Gasteiger partial charge in [-0.2, -0.15) is 0 Å². The summed E-state index contributed by atoms with van der Waals surface area (Å²) in [5, 5.41) is 20.0. The van der Waals surface area contributed by atoms with Gasteiger partial charge in [0.2, 0.25) is 5.91 Å². The second-order valence-electron chi connectivity index (χ2n) is 4.78. The van der Waals surface area contributed by atoms with E-state index in [0.29, 0.717) is 18.5 Å². The summed E-state index contributed by atoms with van der Waals surface area (Å²) in [4.78, 5) is 25.3. The largest absolute Gasteiger partial charge is 0.479 e. The normalized spacial score (nSPS) is 17.3. The van der Waals surface area contributed by atoms with Crippen molar-refractivity contribution in [2.45, 2.75) is 19.0 Å². The summed E-state index contributed by atoms with van der Waals surface area (Å²) in [6, 6.07) is 6.35. The number of carbonyl (C=O) groups excluding carboxylic acids is 1. The average Bonchev–Trinajstić information content (AvgIpc) is 2.98. The van der Waals surface area contributed by atoms with Crippen LogP contribution < -0.4 is 0 Å². The van der Waals surface area contributed by atoms with Crippen LogP contribution in [0.15, 0.2) is 30.6 Å². The predicted molar refractivity (Wildman–Crippen MR) is 70.1 cm³/mol. The van der Waals surface area contributed by atoms with E-state index in [9.17, 15) is 14.7 Å². The molecule has 0 bridgehead atoms. The van der Waals surface area contributed by atoms with Crippen LogP contribution in [-0.2, 0) is 22.6 Å². The van der Waals surface area contributed by atoms with Crippen molar-refractivity contribution in [3.05, 3.63) is 41.7 Å². The minimum atomic E-state index is -1.03. The van der Waals surface area contributed by atoms with E-state index in [-0.39, 0.29) is 12.5 Å². The topological polar surface area (TPSA) is 101 Å². The van der Waals surface area contributed by atoms with E-state index in [2.05, 4.69) is 15.5 Å². The summed E-state index contributed by atoms with van der Waals surface area (Å²) >= 11 is 0. The Morgan fingerprint density at radius 3 is 2.86 bits per heavy atom. The Labute approximate surface area is 120 Å². The highest BCUT2D eigenvalue weighted by Crippen LogP contribution is 2.30. The van der Waals surface area contributed by atoms with E-state index in [1.807, 2.05) is 12.1 Å². The van der Waals surface area contributed by atoms with E-state index in [1.54, 1.807) is 12.1 Å². The maximum absolute atomic E-state index is 12.3. The SMILES string of the molecule is O=C(O)C1c2ccccc2CCN1C(=O)Cn1cnnn1. The third-order valence-corrected chi connectivity index (χ3v) is 3.53. The molecular formula is C13H13N5O3.